The molecule has 9 nitrogen and oxygen atoms in total. The Hall–Kier alpha value is -2.68. The Balaban J connectivity index is 1.65. The predicted molar refractivity (Wildman–Crippen MR) is 115 cm³/mol. The molecule has 3 rings (SSSR count). The van der Waals surface area contributed by atoms with Gasteiger partial charge < -0.3 is 20.0 Å². The van der Waals surface area contributed by atoms with Gasteiger partial charge in [0.15, 0.2) is 0 Å². The molecule has 2 amide bonds. The molecule has 0 saturated carbocycles. The second kappa shape index (κ2) is 9.88. The Bertz CT molecular complexity index is 784. The number of hydrogen-bond acceptors (Lipinski definition) is 6. The minimum absolute atomic E-state index is 0.0108. The van der Waals surface area contributed by atoms with Gasteiger partial charge in [-0.05, 0) is 37.9 Å². The third kappa shape index (κ3) is 5.27. The van der Waals surface area contributed by atoms with E-state index in [9.17, 15) is 19.7 Å². The van der Waals surface area contributed by atoms with E-state index in [-0.39, 0.29) is 23.5 Å². The van der Waals surface area contributed by atoms with E-state index in [4.69, 9.17) is 0 Å². The van der Waals surface area contributed by atoms with Crippen LogP contribution in [0.5, 0.6) is 0 Å². The highest BCUT2D eigenvalue weighted by molar-refractivity contribution is 5.96. The molecule has 0 radical (unpaired) electrons. The van der Waals surface area contributed by atoms with Crippen molar-refractivity contribution in [3.8, 4) is 0 Å². The smallest absolute Gasteiger partial charge is 0.293 e. The Morgan fingerprint density at radius 2 is 1.80 bits per heavy atom. The molecule has 1 N–H and O–H groups in total. The molecule has 1 aromatic rings. The van der Waals surface area contributed by atoms with Crippen LogP contribution >= 0.6 is 0 Å². The van der Waals surface area contributed by atoms with Gasteiger partial charge in [-0.1, -0.05) is 6.92 Å². The standard InChI is InChI=1S/C21H31N5O4/c1-3-8-23-9-6-18(7-10-23)22-21(28)17-4-5-19(20(15-17)26(29)30)25-13-11-24(12-14-25)16(2)27/h4-5,15,18H,3,6-14H2,1-2H3,(H,22,28). The van der Waals surface area contributed by atoms with Crippen LogP contribution < -0.4 is 10.2 Å². The van der Waals surface area contributed by atoms with Crippen molar-refractivity contribution in [2.24, 2.45) is 0 Å². The Kier molecular flexibility index (Phi) is 7.25. The maximum atomic E-state index is 12.7. The van der Waals surface area contributed by atoms with Crippen molar-refractivity contribution in [1.82, 2.24) is 15.1 Å². The zero-order valence-corrected chi connectivity index (χ0v) is 17.8. The topological polar surface area (TPSA) is 99.0 Å². The number of benzene rings is 1. The van der Waals surface area contributed by atoms with E-state index in [1.165, 1.54) is 13.0 Å². The van der Waals surface area contributed by atoms with Gasteiger partial charge >= 0.3 is 0 Å². The molecule has 1 aromatic carbocycles. The number of carbonyl (C=O) groups is 2. The molecule has 0 spiro atoms. The molecule has 164 valence electrons. The highest BCUT2D eigenvalue weighted by Crippen LogP contribution is 2.30. The number of nitrogens with zero attached hydrogens (tertiary/aromatic N) is 4. The molecule has 0 atom stereocenters. The molecular weight excluding hydrogens is 386 g/mol. The summed E-state index contributed by atoms with van der Waals surface area (Å²) in [6.45, 7) is 8.82. The molecule has 30 heavy (non-hydrogen) atoms. The third-order valence-electron chi connectivity index (χ3n) is 5.96. The number of nitrogens with one attached hydrogen (secondary N) is 1. The van der Waals surface area contributed by atoms with Gasteiger partial charge in [-0.3, -0.25) is 19.7 Å². The molecule has 0 aliphatic carbocycles. The van der Waals surface area contributed by atoms with E-state index in [2.05, 4.69) is 17.1 Å². The van der Waals surface area contributed by atoms with Crippen molar-refractivity contribution in [1.29, 1.82) is 0 Å². The van der Waals surface area contributed by atoms with Gasteiger partial charge in [0.25, 0.3) is 11.6 Å². The summed E-state index contributed by atoms with van der Waals surface area (Å²) in [7, 11) is 0. The molecule has 0 unspecified atom stereocenters. The van der Waals surface area contributed by atoms with E-state index < -0.39 is 4.92 Å². The SMILES string of the molecule is CCCN1CCC(NC(=O)c2ccc(N3CCN(C(C)=O)CC3)c([N+](=O)[O-])c2)CC1. The van der Waals surface area contributed by atoms with Crippen LogP contribution in [-0.4, -0.2) is 78.4 Å². The molecule has 9 heteroatoms. The highest BCUT2D eigenvalue weighted by atomic mass is 16.6. The molecule has 2 saturated heterocycles. The monoisotopic (exact) mass is 417 g/mol. The third-order valence-corrected chi connectivity index (χ3v) is 5.96. The van der Waals surface area contributed by atoms with Crippen LogP contribution in [0.1, 0.15) is 43.5 Å². The maximum absolute atomic E-state index is 12.7. The Morgan fingerprint density at radius 3 is 2.37 bits per heavy atom. The predicted octanol–water partition coefficient (Wildman–Crippen LogP) is 1.87. The summed E-state index contributed by atoms with van der Waals surface area (Å²) < 4.78 is 0. The normalized spacial score (nSPS) is 18.3. The lowest BCUT2D eigenvalue weighted by Gasteiger charge is -2.35. The van der Waals surface area contributed by atoms with Crippen molar-refractivity contribution >= 4 is 23.2 Å². The van der Waals surface area contributed by atoms with Crippen LogP contribution in [0.25, 0.3) is 0 Å². The van der Waals surface area contributed by atoms with Crippen LogP contribution in [0.4, 0.5) is 11.4 Å². The zero-order valence-electron chi connectivity index (χ0n) is 17.8. The van der Waals surface area contributed by atoms with Crippen molar-refractivity contribution in [3.05, 3.63) is 33.9 Å². The summed E-state index contributed by atoms with van der Waals surface area (Å²) in [6.07, 6.45) is 2.91. The number of nitro benzene ring substituents is 1. The second-order valence-corrected chi connectivity index (χ2v) is 8.04. The molecule has 0 aromatic heterocycles. The van der Waals surface area contributed by atoms with Gasteiger partial charge in [0.2, 0.25) is 5.91 Å². The number of likely N-dealkylation sites (tertiary alicyclic amines) is 1. The van der Waals surface area contributed by atoms with Crippen molar-refractivity contribution < 1.29 is 14.5 Å². The summed E-state index contributed by atoms with van der Waals surface area (Å²) >= 11 is 0. The Labute approximate surface area is 177 Å². The largest absolute Gasteiger partial charge is 0.362 e. The van der Waals surface area contributed by atoms with Gasteiger partial charge in [-0.2, -0.15) is 0 Å². The van der Waals surface area contributed by atoms with Gasteiger partial charge in [0.1, 0.15) is 5.69 Å². The van der Waals surface area contributed by atoms with Crippen molar-refractivity contribution in [3.63, 3.8) is 0 Å². The quantitative estimate of drug-likeness (QED) is 0.560. The lowest BCUT2D eigenvalue weighted by atomic mass is 10.0. The molecule has 2 aliphatic heterocycles. The first kappa shape index (κ1) is 22.0. The average molecular weight is 418 g/mol. The fraction of sp³-hybridized carbons (Fsp3) is 0.619. The number of carbonyl (C=O) groups excluding carboxylic acids is 2. The summed E-state index contributed by atoms with van der Waals surface area (Å²) in [5.41, 5.74) is 0.730. The van der Waals surface area contributed by atoms with Gasteiger partial charge in [0, 0.05) is 63.9 Å². The fourth-order valence-corrected chi connectivity index (χ4v) is 4.23. The summed E-state index contributed by atoms with van der Waals surface area (Å²) in [5, 5.41) is 14.7. The molecule has 2 fully saturated rings. The highest BCUT2D eigenvalue weighted by Gasteiger charge is 2.27. The number of hydrogen-bond donors (Lipinski definition) is 1. The molecular formula is C21H31N5O4. The van der Waals surface area contributed by atoms with E-state index in [1.807, 2.05) is 4.90 Å². The first-order valence-electron chi connectivity index (χ1n) is 10.7. The fourth-order valence-electron chi connectivity index (χ4n) is 4.23. The molecule has 0 bridgehead atoms. The minimum atomic E-state index is -0.438. The lowest BCUT2D eigenvalue weighted by Crippen LogP contribution is -2.48. The molecule has 2 heterocycles. The van der Waals surface area contributed by atoms with Crippen LogP contribution in [0.15, 0.2) is 18.2 Å². The van der Waals surface area contributed by atoms with E-state index in [0.717, 1.165) is 38.9 Å². The Morgan fingerprint density at radius 1 is 1.13 bits per heavy atom. The second-order valence-electron chi connectivity index (χ2n) is 8.04. The lowest BCUT2D eigenvalue weighted by molar-refractivity contribution is -0.384. The van der Waals surface area contributed by atoms with Gasteiger partial charge in [0.05, 0.1) is 4.92 Å². The van der Waals surface area contributed by atoms with E-state index in [0.29, 0.717) is 37.4 Å². The van der Waals surface area contributed by atoms with Crippen LogP contribution in [0.3, 0.4) is 0 Å². The van der Waals surface area contributed by atoms with Gasteiger partial charge in [-0.15, -0.1) is 0 Å². The number of piperazine rings is 1. The van der Waals surface area contributed by atoms with E-state index in [1.54, 1.807) is 17.0 Å². The van der Waals surface area contributed by atoms with Crippen LogP contribution in [-0.2, 0) is 4.79 Å². The number of anilines is 1. The number of amides is 2. The first-order chi connectivity index (χ1) is 14.4. The minimum Gasteiger partial charge on any atom is -0.362 e. The summed E-state index contributed by atoms with van der Waals surface area (Å²) in [6, 6.07) is 4.78. The number of nitro groups is 1. The van der Waals surface area contributed by atoms with Crippen LogP contribution in [0, 0.1) is 10.1 Å². The number of piperidine rings is 1. The number of rotatable bonds is 6. The summed E-state index contributed by atoms with van der Waals surface area (Å²) in [4.78, 5) is 41.5. The van der Waals surface area contributed by atoms with Gasteiger partial charge in [-0.25, -0.2) is 0 Å². The molecule has 2 aliphatic rings. The van der Waals surface area contributed by atoms with Crippen molar-refractivity contribution in [2.45, 2.75) is 39.2 Å². The first-order valence-corrected chi connectivity index (χ1v) is 10.7. The zero-order chi connectivity index (χ0) is 21.7. The van der Waals surface area contributed by atoms with Crippen LogP contribution in [0.2, 0.25) is 0 Å². The average Bonchev–Trinajstić information content (AvgIpc) is 2.75. The maximum Gasteiger partial charge on any atom is 0.293 e. The van der Waals surface area contributed by atoms with Crippen molar-refractivity contribution in [2.75, 3.05) is 50.7 Å². The van der Waals surface area contributed by atoms with E-state index >= 15 is 0 Å². The summed E-state index contributed by atoms with van der Waals surface area (Å²) in [5.74, 6) is -0.253.